The van der Waals surface area contributed by atoms with Crippen molar-refractivity contribution in [2.24, 2.45) is 0 Å². The third kappa shape index (κ3) is 5.09. The van der Waals surface area contributed by atoms with Crippen molar-refractivity contribution < 1.29 is 14.8 Å². The summed E-state index contributed by atoms with van der Waals surface area (Å²) in [5.41, 5.74) is 2.87. The number of anilines is 1. The monoisotopic (exact) mass is 381 g/mol. The van der Waals surface area contributed by atoms with Crippen LogP contribution in [0.15, 0.2) is 78.9 Å². The molecule has 0 spiro atoms. The number of amides is 1. The molecule has 3 rings (SSSR count). The minimum Gasteiger partial charge on any atom is -0.495 e. The summed E-state index contributed by atoms with van der Waals surface area (Å²) in [7, 11) is 1.56. The highest BCUT2D eigenvalue weighted by atomic mass is 35.5. The van der Waals surface area contributed by atoms with Crippen LogP contribution in [0.4, 0.5) is 5.69 Å². The van der Waals surface area contributed by atoms with Gasteiger partial charge in [-0.15, -0.1) is 0 Å². The van der Waals surface area contributed by atoms with Crippen molar-refractivity contribution in [3.63, 3.8) is 0 Å². The first kappa shape index (κ1) is 19.0. The number of benzene rings is 3. The second kappa shape index (κ2) is 9.21. The summed E-state index contributed by atoms with van der Waals surface area (Å²) in [5, 5.41) is 5.45. The topological polar surface area (TPSA) is 54.9 Å². The predicted octanol–water partition coefficient (Wildman–Crippen LogP) is 3.64. The van der Waals surface area contributed by atoms with E-state index in [1.165, 1.54) is 0 Å². The molecule has 0 heterocycles. The smallest absolute Gasteiger partial charge is 0.279 e. The fourth-order valence-corrected chi connectivity index (χ4v) is 3.16. The molecule has 5 heteroatoms. The van der Waals surface area contributed by atoms with E-state index in [9.17, 15) is 4.79 Å². The molecule has 4 nitrogen and oxygen atoms in total. The zero-order valence-electron chi connectivity index (χ0n) is 15.1. The van der Waals surface area contributed by atoms with Crippen molar-refractivity contribution in [1.29, 1.82) is 0 Å². The average Bonchev–Trinajstić information content (AvgIpc) is 2.70. The van der Waals surface area contributed by atoms with Gasteiger partial charge in [-0.2, -0.15) is 0 Å². The molecule has 0 aromatic heterocycles. The van der Waals surface area contributed by atoms with Crippen molar-refractivity contribution in [3.05, 3.63) is 95.0 Å². The maximum atomic E-state index is 12.5. The lowest BCUT2D eigenvalue weighted by molar-refractivity contribution is -0.676. The lowest BCUT2D eigenvalue weighted by Gasteiger charge is -2.17. The van der Waals surface area contributed by atoms with Crippen LogP contribution in [-0.2, 0) is 4.79 Å². The molecule has 138 valence electrons. The van der Waals surface area contributed by atoms with Gasteiger partial charge >= 0.3 is 0 Å². The van der Waals surface area contributed by atoms with Gasteiger partial charge in [0.25, 0.3) is 5.91 Å². The first-order valence-corrected chi connectivity index (χ1v) is 9.12. The molecule has 0 atom stereocenters. The van der Waals surface area contributed by atoms with Crippen molar-refractivity contribution in [2.75, 3.05) is 19.0 Å². The molecule has 0 aliphatic heterocycles. The summed E-state index contributed by atoms with van der Waals surface area (Å²) >= 11 is 6.03. The van der Waals surface area contributed by atoms with Crippen molar-refractivity contribution in [2.45, 2.75) is 6.04 Å². The number of quaternary nitrogens is 1. The van der Waals surface area contributed by atoms with Gasteiger partial charge in [0.05, 0.1) is 12.8 Å². The Morgan fingerprint density at radius 2 is 1.59 bits per heavy atom. The van der Waals surface area contributed by atoms with E-state index in [2.05, 4.69) is 29.6 Å². The molecule has 1 amide bonds. The lowest BCUT2D eigenvalue weighted by atomic mass is 9.99. The summed E-state index contributed by atoms with van der Waals surface area (Å²) in [4.78, 5) is 12.5. The Kier molecular flexibility index (Phi) is 6.47. The zero-order chi connectivity index (χ0) is 19.1. The number of hydrogen-bond acceptors (Lipinski definition) is 2. The highest BCUT2D eigenvalue weighted by molar-refractivity contribution is 6.31. The Morgan fingerprint density at radius 1 is 1.00 bits per heavy atom. The molecular formula is C22H22ClN2O2+. The third-order valence-corrected chi connectivity index (χ3v) is 4.53. The van der Waals surface area contributed by atoms with Crippen LogP contribution in [0.25, 0.3) is 0 Å². The summed E-state index contributed by atoms with van der Waals surface area (Å²) < 4.78 is 5.28. The Hall–Kier alpha value is -2.82. The van der Waals surface area contributed by atoms with Crippen LogP contribution in [0.3, 0.4) is 0 Å². The number of nitrogens with one attached hydrogen (secondary N) is 1. The normalized spacial score (nSPS) is 10.6. The third-order valence-electron chi connectivity index (χ3n) is 4.29. The van der Waals surface area contributed by atoms with Crippen LogP contribution < -0.4 is 15.4 Å². The number of carbonyl (C=O) groups is 1. The molecule has 3 aromatic rings. The van der Waals surface area contributed by atoms with Gasteiger partial charge in [0.2, 0.25) is 0 Å². The fraction of sp³-hybridized carbons (Fsp3) is 0.136. The standard InChI is InChI=1S/C22H21ClN2O2/c1-27-20-13-12-18(23)14-19(20)25-21(26)15-24-22(16-8-4-2-5-9-16)17-10-6-3-7-11-17/h2-14,22,24H,15H2,1H3,(H,25,26)/p+1. The molecule has 0 aliphatic carbocycles. The Labute approximate surface area is 164 Å². The Morgan fingerprint density at radius 3 is 2.15 bits per heavy atom. The lowest BCUT2D eigenvalue weighted by Crippen LogP contribution is -2.87. The molecule has 27 heavy (non-hydrogen) atoms. The van der Waals surface area contributed by atoms with Crippen molar-refractivity contribution in [3.8, 4) is 5.75 Å². The van der Waals surface area contributed by atoms with Crippen LogP contribution in [0.5, 0.6) is 5.75 Å². The Balaban J connectivity index is 1.72. The van der Waals surface area contributed by atoms with Crippen LogP contribution in [0, 0.1) is 0 Å². The first-order valence-electron chi connectivity index (χ1n) is 8.74. The molecule has 0 aliphatic rings. The number of nitrogens with two attached hydrogens (primary N) is 1. The van der Waals surface area contributed by atoms with Crippen molar-refractivity contribution >= 4 is 23.2 Å². The van der Waals surface area contributed by atoms with Gasteiger partial charge in [-0.1, -0.05) is 72.3 Å². The molecule has 0 saturated carbocycles. The highest BCUT2D eigenvalue weighted by Crippen LogP contribution is 2.27. The number of halogens is 1. The largest absolute Gasteiger partial charge is 0.495 e. The van der Waals surface area contributed by atoms with Gasteiger partial charge in [0.1, 0.15) is 11.8 Å². The van der Waals surface area contributed by atoms with E-state index in [1.54, 1.807) is 25.3 Å². The van der Waals surface area contributed by atoms with Gasteiger partial charge < -0.3 is 15.4 Å². The van der Waals surface area contributed by atoms with Crippen LogP contribution in [-0.4, -0.2) is 19.6 Å². The zero-order valence-corrected chi connectivity index (χ0v) is 15.8. The molecular weight excluding hydrogens is 360 g/mol. The second-order valence-corrected chi connectivity index (χ2v) is 6.57. The molecule has 0 radical (unpaired) electrons. The molecule has 0 fully saturated rings. The number of ether oxygens (including phenoxy) is 1. The number of methoxy groups -OCH3 is 1. The maximum absolute atomic E-state index is 12.5. The van der Waals surface area contributed by atoms with Crippen molar-refractivity contribution in [1.82, 2.24) is 0 Å². The minimum atomic E-state index is -0.118. The summed E-state index contributed by atoms with van der Waals surface area (Å²) in [6, 6.07) is 25.5. The minimum absolute atomic E-state index is 0.0411. The van der Waals surface area contributed by atoms with E-state index in [4.69, 9.17) is 16.3 Å². The molecule has 0 bridgehead atoms. The quantitative estimate of drug-likeness (QED) is 0.656. The molecule has 3 aromatic carbocycles. The van der Waals surface area contributed by atoms with E-state index in [-0.39, 0.29) is 18.5 Å². The van der Waals surface area contributed by atoms with Crippen LogP contribution in [0.1, 0.15) is 17.2 Å². The number of rotatable bonds is 7. The van der Waals surface area contributed by atoms with E-state index in [0.717, 1.165) is 11.1 Å². The number of hydrogen-bond donors (Lipinski definition) is 2. The van der Waals surface area contributed by atoms with Gasteiger partial charge in [-0.25, -0.2) is 0 Å². The Bertz CT molecular complexity index is 846. The average molecular weight is 382 g/mol. The number of carbonyl (C=O) groups excluding carboxylic acids is 1. The first-order chi connectivity index (χ1) is 13.2. The van der Waals surface area contributed by atoms with Crippen LogP contribution in [0.2, 0.25) is 5.02 Å². The van der Waals surface area contributed by atoms with E-state index < -0.39 is 0 Å². The van der Waals surface area contributed by atoms with E-state index >= 15 is 0 Å². The van der Waals surface area contributed by atoms with Crippen LogP contribution >= 0.6 is 11.6 Å². The van der Waals surface area contributed by atoms with E-state index in [0.29, 0.717) is 16.5 Å². The highest BCUT2D eigenvalue weighted by Gasteiger charge is 2.19. The fourth-order valence-electron chi connectivity index (χ4n) is 2.99. The maximum Gasteiger partial charge on any atom is 0.279 e. The van der Waals surface area contributed by atoms with Gasteiger partial charge in [0.15, 0.2) is 6.54 Å². The van der Waals surface area contributed by atoms with Gasteiger partial charge in [-0.3, -0.25) is 4.79 Å². The van der Waals surface area contributed by atoms with Gasteiger partial charge in [0, 0.05) is 16.1 Å². The summed E-state index contributed by atoms with van der Waals surface area (Å²) in [6.07, 6.45) is 0. The molecule has 3 N–H and O–H groups in total. The predicted molar refractivity (Wildman–Crippen MR) is 108 cm³/mol. The summed E-state index contributed by atoms with van der Waals surface area (Å²) in [5.74, 6) is 0.461. The summed E-state index contributed by atoms with van der Waals surface area (Å²) in [6.45, 7) is 0.268. The SMILES string of the molecule is COc1ccc(Cl)cc1NC(=O)C[NH2+]C(c1ccccc1)c1ccccc1. The molecule has 0 saturated heterocycles. The van der Waals surface area contributed by atoms with Gasteiger partial charge in [-0.05, 0) is 18.2 Å². The van der Waals surface area contributed by atoms with E-state index in [1.807, 2.05) is 41.7 Å². The second-order valence-electron chi connectivity index (χ2n) is 6.13. The molecule has 0 unspecified atom stereocenters.